The number of likely N-dealkylation sites (N-methyl/N-ethyl adjacent to an activating group) is 1. The van der Waals surface area contributed by atoms with E-state index in [1.807, 2.05) is 42.5 Å². The van der Waals surface area contributed by atoms with E-state index in [9.17, 15) is 4.79 Å². The zero-order valence-electron chi connectivity index (χ0n) is 17.4. The number of fused-ring (bicyclic) bond motifs is 2. The maximum atomic E-state index is 12.8. The number of hydrogen-bond donors (Lipinski definition) is 0. The van der Waals surface area contributed by atoms with Crippen molar-refractivity contribution in [2.45, 2.75) is 17.8 Å². The third-order valence-electron chi connectivity index (χ3n) is 4.99. The molecule has 164 valence electrons. The molecule has 0 radical (unpaired) electrons. The molecule has 1 atom stereocenters. The van der Waals surface area contributed by atoms with Gasteiger partial charge in [0.2, 0.25) is 5.91 Å². The van der Waals surface area contributed by atoms with Gasteiger partial charge in [0.25, 0.3) is 0 Å². The molecule has 4 rings (SSSR count). The lowest BCUT2D eigenvalue weighted by molar-refractivity contribution is -0.128. The fourth-order valence-corrected chi connectivity index (χ4v) is 4.53. The average Bonchev–Trinajstić information content (AvgIpc) is 3.12. The van der Waals surface area contributed by atoms with Crippen LogP contribution >= 0.6 is 23.4 Å². The topological polar surface area (TPSA) is 65.8 Å². The summed E-state index contributed by atoms with van der Waals surface area (Å²) < 4.78 is 19.0. The van der Waals surface area contributed by atoms with Crippen LogP contribution in [0.4, 0.5) is 0 Å². The molecule has 9 heteroatoms. The SMILES string of the molecule is COCCn1c(SCC(=O)N(C)CC2COc3ccccc3O2)nc2cc(Cl)ccc21. The van der Waals surface area contributed by atoms with E-state index in [0.717, 1.165) is 21.9 Å². The van der Waals surface area contributed by atoms with Crippen molar-refractivity contribution in [1.82, 2.24) is 14.5 Å². The molecule has 2 heterocycles. The van der Waals surface area contributed by atoms with Crippen LogP contribution in [0.3, 0.4) is 0 Å². The summed E-state index contributed by atoms with van der Waals surface area (Å²) in [5, 5.41) is 1.40. The maximum Gasteiger partial charge on any atom is 0.232 e. The summed E-state index contributed by atoms with van der Waals surface area (Å²) in [5.41, 5.74) is 1.77. The van der Waals surface area contributed by atoms with E-state index in [1.54, 1.807) is 19.1 Å². The largest absolute Gasteiger partial charge is 0.486 e. The first kappa shape index (κ1) is 21.8. The third kappa shape index (κ3) is 5.08. The van der Waals surface area contributed by atoms with E-state index in [1.165, 1.54) is 11.8 Å². The van der Waals surface area contributed by atoms with Crippen LogP contribution in [0.15, 0.2) is 47.6 Å². The molecule has 1 aromatic heterocycles. The molecule has 3 aromatic rings. The Morgan fingerprint density at radius 1 is 1.32 bits per heavy atom. The maximum absolute atomic E-state index is 12.8. The highest BCUT2D eigenvalue weighted by Crippen LogP contribution is 2.31. The summed E-state index contributed by atoms with van der Waals surface area (Å²) in [6.07, 6.45) is -0.206. The van der Waals surface area contributed by atoms with E-state index < -0.39 is 0 Å². The van der Waals surface area contributed by atoms with Crippen LogP contribution in [0.25, 0.3) is 11.0 Å². The minimum absolute atomic E-state index is 0.00385. The minimum atomic E-state index is -0.206. The van der Waals surface area contributed by atoms with Gasteiger partial charge in [0.1, 0.15) is 6.61 Å². The number of imidazole rings is 1. The smallest absolute Gasteiger partial charge is 0.232 e. The van der Waals surface area contributed by atoms with Crippen molar-refractivity contribution < 1.29 is 19.0 Å². The molecule has 1 aliphatic heterocycles. The fourth-order valence-electron chi connectivity index (χ4n) is 3.39. The van der Waals surface area contributed by atoms with Crippen LogP contribution in [0.2, 0.25) is 5.02 Å². The molecule has 7 nitrogen and oxygen atoms in total. The molecule has 0 fully saturated rings. The Labute approximate surface area is 190 Å². The van der Waals surface area contributed by atoms with Crippen molar-refractivity contribution in [3.63, 3.8) is 0 Å². The first-order chi connectivity index (χ1) is 15.0. The third-order valence-corrected chi connectivity index (χ3v) is 6.19. The predicted octanol–water partition coefficient (Wildman–Crippen LogP) is 3.73. The van der Waals surface area contributed by atoms with E-state index in [4.69, 9.17) is 25.8 Å². The normalized spacial score (nSPS) is 15.3. The van der Waals surface area contributed by atoms with Crippen LogP contribution in [-0.2, 0) is 16.1 Å². The average molecular weight is 462 g/mol. The van der Waals surface area contributed by atoms with E-state index in [0.29, 0.717) is 37.1 Å². The van der Waals surface area contributed by atoms with Gasteiger partial charge in [0.15, 0.2) is 22.8 Å². The highest BCUT2D eigenvalue weighted by atomic mass is 35.5. The number of thioether (sulfide) groups is 1. The van der Waals surface area contributed by atoms with Crippen LogP contribution < -0.4 is 9.47 Å². The van der Waals surface area contributed by atoms with Gasteiger partial charge in [-0.25, -0.2) is 4.98 Å². The van der Waals surface area contributed by atoms with E-state index in [-0.39, 0.29) is 17.8 Å². The van der Waals surface area contributed by atoms with Crippen molar-refractivity contribution in [2.24, 2.45) is 0 Å². The lowest BCUT2D eigenvalue weighted by Crippen LogP contribution is -2.42. The van der Waals surface area contributed by atoms with Gasteiger partial charge in [-0.05, 0) is 30.3 Å². The number of carbonyl (C=O) groups excluding carboxylic acids is 1. The van der Waals surface area contributed by atoms with Crippen molar-refractivity contribution in [3.8, 4) is 11.5 Å². The molecule has 0 bridgehead atoms. The Hall–Kier alpha value is -2.42. The number of amides is 1. The zero-order valence-corrected chi connectivity index (χ0v) is 19.0. The second-order valence-electron chi connectivity index (χ2n) is 7.23. The number of aromatic nitrogens is 2. The standard InChI is InChI=1S/C22H24ClN3O4S/c1-25(12-16-13-29-19-5-3-4-6-20(19)30-16)21(27)14-31-22-24-17-11-15(23)7-8-18(17)26(22)9-10-28-2/h3-8,11,16H,9-10,12-14H2,1-2H3. The number of halogens is 1. The second kappa shape index (κ2) is 9.80. The number of rotatable bonds is 8. The van der Waals surface area contributed by atoms with Crippen molar-refractivity contribution >= 4 is 40.3 Å². The molecule has 0 spiro atoms. The van der Waals surface area contributed by atoms with Crippen LogP contribution in [0.5, 0.6) is 11.5 Å². The molecule has 1 aliphatic rings. The Bertz CT molecular complexity index is 1070. The quantitative estimate of drug-likeness (QED) is 0.476. The molecule has 0 aliphatic carbocycles. The number of ether oxygens (including phenoxy) is 3. The van der Waals surface area contributed by atoms with Gasteiger partial charge in [-0.2, -0.15) is 0 Å². The molecule has 2 aromatic carbocycles. The lowest BCUT2D eigenvalue weighted by Gasteiger charge is -2.29. The van der Waals surface area contributed by atoms with Crippen LogP contribution in [-0.4, -0.2) is 66.1 Å². The fraction of sp³-hybridized carbons (Fsp3) is 0.364. The van der Waals surface area contributed by atoms with Gasteiger partial charge in [-0.3, -0.25) is 4.79 Å². The first-order valence-electron chi connectivity index (χ1n) is 9.95. The summed E-state index contributed by atoms with van der Waals surface area (Å²) in [6, 6.07) is 13.2. The van der Waals surface area contributed by atoms with Crippen LogP contribution in [0, 0.1) is 0 Å². The number of methoxy groups -OCH3 is 1. The summed E-state index contributed by atoms with van der Waals surface area (Å²) in [7, 11) is 3.44. The molecule has 0 saturated carbocycles. The Kier molecular flexibility index (Phi) is 6.89. The molecule has 0 saturated heterocycles. The molecule has 1 unspecified atom stereocenters. The Balaban J connectivity index is 1.38. The van der Waals surface area contributed by atoms with Gasteiger partial charge in [0, 0.05) is 25.7 Å². The number of para-hydroxylation sites is 2. The molecular formula is C22H24ClN3O4S. The molecule has 31 heavy (non-hydrogen) atoms. The highest BCUT2D eigenvalue weighted by molar-refractivity contribution is 7.99. The minimum Gasteiger partial charge on any atom is -0.486 e. The van der Waals surface area contributed by atoms with Gasteiger partial charge in [0.05, 0.1) is 29.9 Å². The predicted molar refractivity (Wildman–Crippen MR) is 121 cm³/mol. The van der Waals surface area contributed by atoms with Crippen LogP contribution in [0.1, 0.15) is 0 Å². The number of benzene rings is 2. The zero-order chi connectivity index (χ0) is 21.8. The summed E-state index contributed by atoms with van der Waals surface area (Å²) in [5.74, 6) is 1.71. The number of nitrogens with zero attached hydrogens (tertiary/aromatic N) is 3. The van der Waals surface area contributed by atoms with E-state index in [2.05, 4.69) is 9.55 Å². The lowest BCUT2D eigenvalue weighted by atomic mass is 10.2. The second-order valence-corrected chi connectivity index (χ2v) is 8.61. The van der Waals surface area contributed by atoms with Gasteiger partial charge in [-0.1, -0.05) is 35.5 Å². The Morgan fingerprint density at radius 2 is 2.13 bits per heavy atom. The summed E-state index contributed by atoms with van der Waals surface area (Å²) in [4.78, 5) is 19.1. The molecular weight excluding hydrogens is 438 g/mol. The highest BCUT2D eigenvalue weighted by Gasteiger charge is 2.24. The molecule has 1 amide bonds. The van der Waals surface area contributed by atoms with Crippen molar-refractivity contribution in [2.75, 3.05) is 39.7 Å². The monoisotopic (exact) mass is 461 g/mol. The summed E-state index contributed by atoms with van der Waals surface area (Å²) in [6.45, 7) is 2.06. The van der Waals surface area contributed by atoms with Crippen molar-refractivity contribution in [3.05, 3.63) is 47.5 Å². The summed E-state index contributed by atoms with van der Waals surface area (Å²) >= 11 is 7.52. The number of hydrogen-bond acceptors (Lipinski definition) is 6. The van der Waals surface area contributed by atoms with Crippen molar-refractivity contribution in [1.29, 1.82) is 0 Å². The first-order valence-corrected chi connectivity index (χ1v) is 11.3. The van der Waals surface area contributed by atoms with Gasteiger partial charge < -0.3 is 23.7 Å². The Morgan fingerprint density at radius 3 is 2.94 bits per heavy atom. The van der Waals surface area contributed by atoms with E-state index >= 15 is 0 Å². The number of carbonyl (C=O) groups is 1. The van der Waals surface area contributed by atoms with Gasteiger partial charge in [-0.15, -0.1) is 0 Å². The molecule has 0 N–H and O–H groups in total. The van der Waals surface area contributed by atoms with Gasteiger partial charge >= 0.3 is 0 Å².